The zero-order valence-electron chi connectivity index (χ0n) is 21.0. The van der Waals surface area contributed by atoms with Crippen molar-refractivity contribution in [1.82, 2.24) is 0 Å². The minimum absolute atomic E-state index is 0. The van der Waals surface area contributed by atoms with Crippen molar-refractivity contribution in [2.75, 3.05) is 11.9 Å². The number of azo groups is 1. The van der Waals surface area contributed by atoms with Crippen LogP contribution < -0.4 is 44.7 Å². The molecule has 0 spiro atoms. The van der Waals surface area contributed by atoms with Gasteiger partial charge in [0.1, 0.15) is 10.6 Å². The summed E-state index contributed by atoms with van der Waals surface area (Å²) in [4.78, 5) is 12.8. The first-order valence-electron chi connectivity index (χ1n) is 11.2. The maximum atomic E-state index is 13.4. The van der Waals surface area contributed by atoms with E-state index in [-0.39, 0.29) is 57.1 Å². The molecular formula is C26H20Cl2N3NaO6S. The van der Waals surface area contributed by atoms with Crippen LogP contribution >= 0.6 is 23.2 Å². The SMILES string of the molecule is CCOc1ccc(Cl)cc1NC(=O)c1cc2ccccc2c(N=Nc2cc(C)c(S(=O)(=O)O)c(Cl)c2)c1[O-].[Na+]. The molecule has 0 aliphatic heterocycles. The molecule has 9 nitrogen and oxygen atoms in total. The molecule has 0 atom stereocenters. The molecule has 1 amide bonds. The fourth-order valence-corrected chi connectivity index (χ4v) is 5.35. The third-order valence-corrected chi connectivity index (χ3v) is 7.15. The third kappa shape index (κ3) is 6.90. The van der Waals surface area contributed by atoms with E-state index in [9.17, 15) is 22.9 Å². The van der Waals surface area contributed by atoms with Gasteiger partial charge in [0.25, 0.3) is 16.0 Å². The van der Waals surface area contributed by atoms with E-state index in [1.54, 1.807) is 43.3 Å². The largest absolute Gasteiger partial charge is 1.00 e. The summed E-state index contributed by atoms with van der Waals surface area (Å²) in [5, 5.41) is 25.4. The molecule has 0 aliphatic rings. The zero-order valence-corrected chi connectivity index (χ0v) is 25.4. The summed E-state index contributed by atoms with van der Waals surface area (Å²) in [7, 11) is -4.55. The number of hydrogen-bond donors (Lipinski definition) is 2. The molecule has 0 saturated heterocycles. The van der Waals surface area contributed by atoms with Gasteiger partial charge in [0.05, 0.1) is 28.7 Å². The number of nitrogens with one attached hydrogen (secondary N) is 1. The van der Waals surface area contributed by atoms with E-state index >= 15 is 0 Å². The number of ether oxygens (including phenoxy) is 1. The Morgan fingerprint density at radius 1 is 1.08 bits per heavy atom. The predicted molar refractivity (Wildman–Crippen MR) is 144 cm³/mol. The zero-order chi connectivity index (χ0) is 27.6. The molecule has 39 heavy (non-hydrogen) atoms. The van der Waals surface area contributed by atoms with E-state index in [1.807, 2.05) is 0 Å². The van der Waals surface area contributed by atoms with E-state index in [1.165, 1.54) is 31.2 Å². The Balaban J connectivity index is 0.00000420. The van der Waals surface area contributed by atoms with Crippen molar-refractivity contribution in [3.63, 3.8) is 0 Å². The molecule has 0 saturated carbocycles. The van der Waals surface area contributed by atoms with Crippen LogP contribution in [0.2, 0.25) is 10.0 Å². The number of nitrogens with zero attached hydrogens (tertiary/aromatic N) is 2. The normalized spacial score (nSPS) is 11.4. The van der Waals surface area contributed by atoms with Crippen molar-refractivity contribution in [3.8, 4) is 11.5 Å². The summed E-state index contributed by atoms with van der Waals surface area (Å²) in [6.45, 7) is 3.58. The van der Waals surface area contributed by atoms with Gasteiger partial charge in [-0.3, -0.25) is 9.35 Å². The van der Waals surface area contributed by atoms with Crippen molar-refractivity contribution in [1.29, 1.82) is 0 Å². The molecule has 0 aliphatic carbocycles. The van der Waals surface area contributed by atoms with Crippen molar-refractivity contribution in [2.24, 2.45) is 10.2 Å². The van der Waals surface area contributed by atoms with Crippen LogP contribution in [0, 0.1) is 6.92 Å². The minimum Gasteiger partial charge on any atom is -0.870 e. The van der Waals surface area contributed by atoms with Gasteiger partial charge in [0.2, 0.25) is 0 Å². The molecule has 13 heteroatoms. The van der Waals surface area contributed by atoms with Gasteiger partial charge in [-0.15, -0.1) is 0 Å². The fraction of sp³-hybridized carbons (Fsp3) is 0.115. The van der Waals surface area contributed by atoms with Crippen LogP contribution in [0.4, 0.5) is 17.1 Å². The van der Waals surface area contributed by atoms with Crippen LogP contribution in [0.15, 0.2) is 75.8 Å². The van der Waals surface area contributed by atoms with Gasteiger partial charge in [-0.05, 0) is 61.2 Å². The first-order valence-corrected chi connectivity index (χ1v) is 13.3. The molecule has 4 aromatic rings. The third-order valence-electron chi connectivity index (χ3n) is 5.45. The molecule has 0 unspecified atom stereocenters. The Labute approximate surface area is 256 Å². The second-order valence-corrected chi connectivity index (χ2v) is 10.3. The van der Waals surface area contributed by atoms with Gasteiger partial charge in [0.15, 0.2) is 0 Å². The standard InChI is InChI=1S/C26H21Cl2N3O6S.Na/c1-3-37-22-9-8-16(27)12-21(22)29-26(33)19-11-15-6-4-5-7-18(15)23(24(19)32)31-30-17-10-14(2)25(20(28)13-17)38(34,35)36;/h4-13,32H,3H2,1-2H3,(H,29,33)(H,34,35,36);/q;+1/p-1. The maximum absolute atomic E-state index is 13.4. The van der Waals surface area contributed by atoms with Gasteiger partial charge < -0.3 is 15.2 Å². The Morgan fingerprint density at radius 3 is 2.46 bits per heavy atom. The van der Waals surface area contributed by atoms with Gasteiger partial charge in [0, 0.05) is 16.0 Å². The van der Waals surface area contributed by atoms with Crippen molar-refractivity contribution < 1.29 is 57.2 Å². The molecule has 2 N–H and O–H groups in total. The number of carbonyl (C=O) groups is 1. The topological polar surface area (TPSA) is 140 Å². The van der Waals surface area contributed by atoms with Crippen LogP contribution in [0.5, 0.6) is 11.5 Å². The quantitative estimate of drug-likeness (QED) is 0.189. The number of hydrogen-bond acceptors (Lipinski definition) is 7. The smallest absolute Gasteiger partial charge is 0.870 e. The summed E-state index contributed by atoms with van der Waals surface area (Å²) < 4.78 is 38.1. The molecule has 0 heterocycles. The summed E-state index contributed by atoms with van der Waals surface area (Å²) in [6.07, 6.45) is 0. The van der Waals surface area contributed by atoms with E-state index in [4.69, 9.17) is 27.9 Å². The monoisotopic (exact) mass is 595 g/mol. The first kappa shape index (κ1) is 30.8. The Bertz CT molecular complexity index is 1690. The molecule has 4 aromatic carbocycles. The number of rotatable bonds is 7. The number of aryl methyl sites for hydroxylation is 1. The molecule has 0 radical (unpaired) electrons. The van der Waals surface area contributed by atoms with Crippen LogP contribution in [0.1, 0.15) is 22.8 Å². The van der Waals surface area contributed by atoms with Gasteiger partial charge >= 0.3 is 29.6 Å². The molecule has 0 bridgehead atoms. The van der Waals surface area contributed by atoms with Gasteiger partial charge in [-0.25, -0.2) is 0 Å². The molecule has 0 aromatic heterocycles. The number of carbonyl (C=O) groups excluding carboxylic acids is 1. The number of fused-ring (bicyclic) bond motifs is 1. The van der Waals surface area contributed by atoms with Crippen molar-refractivity contribution in [3.05, 3.63) is 81.8 Å². The number of amides is 1. The van der Waals surface area contributed by atoms with E-state index in [0.29, 0.717) is 33.8 Å². The second kappa shape index (κ2) is 12.6. The summed E-state index contributed by atoms with van der Waals surface area (Å²) in [5.74, 6) is -0.988. The fourth-order valence-electron chi connectivity index (χ4n) is 3.85. The maximum Gasteiger partial charge on any atom is 1.00 e. The average Bonchev–Trinajstić information content (AvgIpc) is 2.83. The van der Waals surface area contributed by atoms with E-state index in [2.05, 4.69) is 15.5 Å². The summed E-state index contributed by atoms with van der Waals surface area (Å²) in [6, 6.07) is 15.6. The van der Waals surface area contributed by atoms with Crippen LogP contribution in [0.25, 0.3) is 10.8 Å². The second-order valence-electron chi connectivity index (χ2n) is 8.10. The number of anilines is 1. The van der Waals surface area contributed by atoms with Gasteiger partial charge in [-0.2, -0.15) is 18.6 Å². The predicted octanol–water partition coefficient (Wildman–Crippen LogP) is 3.85. The van der Waals surface area contributed by atoms with Gasteiger partial charge in [-0.1, -0.05) is 53.2 Å². The number of halogens is 2. The molecular weight excluding hydrogens is 576 g/mol. The Morgan fingerprint density at radius 2 is 1.79 bits per heavy atom. The Kier molecular flexibility index (Phi) is 10.0. The first-order chi connectivity index (χ1) is 18.0. The molecule has 196 valence electrons. The average molecular weight is 596 g/mol. The Hall–Kier alpha value is -2.70. The summed E-state index contributed by atoms with van der Waals surface area (Å²) in [5.41, 5.74) is 0.288. The minimum atomic E-state index is -4.55. The van der Waals surface area contributed by atoms with E-state index in [0.717, 1.165) is 0 Å². The van der Waals surface area contributed by atoms with E-state index < -0.39 is 26.7 Å². The van der Waals surface area contributed by atoms with Crippen molar-refractivity contribution >= 4 is 67.1 Å². The van der Waals surface area contributed by atoms with Crippen LogP contribution in [-0.4, -0.2) is 25.5 Å². The van der Waals surface area contributed by atoms with Crippen LogP contribution in [-0.2, 0) is 10.1 Å². The molecule has 4 rings (SSSR count). The number of benzene rings is 4. The summed E-state index contributed by atoms with van der Waals surface area (Å²) >= 11 is 12.1. The van der Waals surface area contributed by atoms with Crippen molar-refractivity contribution in [2.45, 2.75) is 18.7 Å². The van der Waals surface area contributed by atoms with Crippen LogP contribution in [0.3, 0.4) is 0 Å². The molecule has 0 fully saturated rings.